The second-order valence-electron chi connectivity index (χ2n) is 4.02. The maximum atomic E-state index is 11.7. The van der Waals surface area contributed by atoms with Crippen LogP contribution in [0.3, 0.4) is 0 Å². The fourth-order valence-electron chi connectivity index (χ4n) is 1.79. The molecular weight excluding hydrogens is 238 g/mol. The number of nitrogens with two attached hydrogens (primary N) is 1. The van der Waals surface area contributed by atoms with Gasteiger partial charge in [-0.1, -0.05) is 0 Å². The molecular formula is C11H11N3O4. The van der Waals surface area contributed by atoms with Crippen LogP contribution in [0.5, 0.6) is 0 Å². The highest BCUT2D eigenvalue weighted by Gasteiger charge is 2.34. The number of nitrogens with zero attached hydrogens (tertiary/aromatic N) is 2. The maximum Gasteiger partial charge on any atom is 0.337 e. The zero-order valence-corrected chi connectivity index (χ0v) is 9.37. The molecule has 18 heavy (non-hydrogen) atoms. The lowest BCUT2D eigenvalue weighted by Crippen LogP contribution is -2.29. The van der Waals surface area contributed by atoms with Gasteiger partial charge in [0.15, 0.2) is 0 Å². The summed E-state index contributed by atoms with van der Waals surface area (Å²) < 4.78 is 0. The molecule has 2 rings (SSSR count). The van der Waals surface area contributed by atoms with Crippen LogP contribution in [0.4, 0.5) is 5.82 Å². The normalized spacial score (nSPS) is 19.0. The van der Waals surface area contributed by atoms with Crippen LogP contribution in [-0.2, 0) is 9.59 Å². The Balaban J connectivity index is 2.19. The number of aromatic carboxylic acids is 1. The Morgan fingerprint density at radius 3 is 2.61 bits per heavy atom. The molecule has 7 nitrogen and oxygen atoms in total. The summed E-state index contributed by atoms with van der Waals surface area (Å²) in [7, 11) is 0. The van der Waals surface area contributed by atoms with Gasteiger partial charge in [-0.05, 0) is 12.1 Å². The Morgan fingerprint density at radius 2 is 2.17 bits per heavy atom. The zero-order chi connectivity index (χ0) is 13.3. The molecule has 2 amide bonds. The summed E-state index contributed by atoms with van der Waals surface area (Å²) in [6.07, 6.45) is 1.24. The number of carboxylic acids is 1. The monoisotopic (exact) mass is 249 g/mol. The molecule has 3 N–H and O–H groups in total. The summed E-state index contributed by atoms with van der Waals surface area (Å²) in [6.45, 7) is 0.188. The van der Waals surface area contributed by atoms with Crippen molar-refractivity contribution in [2.24, 2.45) is 11.7 Å². The second kappa shape index (κ2) is 4.44. The largest absolute Gasteiger partial charge is 0.478 e. The summed E-state index contributed by atoms with van der Waals surface area (Å²) in [4.78, 5) is 38.6. The highest BCUT2D eigenvalue weighted by molar-refractivity contribution is 5.99. The fraction of sp³-hybridized carbons (Fsp3) is 0.273. The number of aromatic nitrogens is 1. The highest BCUT2D eigenvalue weighted by Crippen LogP contribution is 2.23. The SMILES string of the molecule is NC(=O)C1CC(=O)N(c2ccc(C(=O)O)cn2)C1. The van der Waals surface area contributed by atoms with Crippen LogP contribution < -0.4 is 10.6 Å². The van der Waals surface area contributed by atoms with E-state index in [1.54, 1.807) is 0 Å². The molecule has 1 aromatic heterocycles. The van der Waals surface area contributed by atoms with Gasteiger partial charge in [0, 0.05) is 19.2 Å². The molecule has 0 aliphatic carbocycles. The molecule has 0 aromatic carbocycles. The Labute approximate surface area is 102 Å². The molecule has 1 unspecified atom stereocenters. The van der Waals surface area contributed by atoms with Gasteiger partial charge in [0.2, 0.25) is 11.8 Å². The molecule has 1 atom stereocenters. The van der Waals surface area contributed by atoms with E-state index in [0.717, 1.165) is 0 Å². The third kappa shape index (κ3) is 2.15. The molecule has 0 saturated carbocycles. The topological polar surface area (TPSA) is 114 Å². The standard InChI is InChI=1S/C11H11N3O4/c12-10(16)7-3-9(15)14(5-7)8-2-1-6(4-13-8)11(17)18/h1-2,4,7H,3,5H2,(H2,12,16)(H,17,18). The molecule has 1 fully saturated rings. The summed E-state index contributed by atoms with van der Waals surface area (Å²) in [5, 5.41) is 8.73. The minimum absolute atomic E-state index is 0.0387. The van der Waals surface area contributed by atoms with Crippen molar-refractivity contribution in [3.05, 3.63) is 23.9 Å². The van der Waals surface area contributed by atoms with E-state index in [-0.39, 0.29) is 24.4 Å². The summed E-state index contributed by atoms with van der Waals surface area (Å²) >= 11 is 0. The Morgan fingerprint density at radius 1 is 1.44 bits per heavy atom. The van der Waals surface area contributed by atoms with Gasteiger partial charge >= 0.3 is 5.97 Å². The summed E-state index contributed by atoms with van der Waals surface area (Å²) in [5.74, 6) is -2.04. The minimum atomic E-state index is -1.09. The van der Waals surface area contributed by atoms with Crippen molar-refractivity contribution in [2.45, 2.75) is 6.42 Å². The first-order chi connectivity index (χ1) is 8.49. The number of rotatable bonds is 3. The predicted molar refractivity (Wildman–Crippen MR) is 60.9 cm³/mol. The number of carbonyl (C=O) groups excluding carboxylic acids is 2. The molecule has 0 spiro atoms. The van der Waals surface area contributed by atoms with Crippen LogP contribution in [0.15, 0.2) is 18.3 Å². The molecule has 1 saturated heterocycles. The van der Waals surface area contributed by atoms with Gasteiger partial charge in [0.05, 0.1) is 11.5 Å². The van der Waals surface area contributed by atoms with E-state index < -0.39 is 17.8 Å². The third-order valence-corrected chi connectivity index (χ3v) is 2.80. The number of pyridine rings is 1. The number of amides is 2. The van der Waals surface area contributed by atoms with Gasteiger partial charge in [0.25, 0.3) is 0 Å². The van der Waals surface area contributed by atoms with Gasteiger partial charge in [0.1, 0.15) is 5.82 Å². The van der Waals surface area contributed by atoms with Crippen LogP contribution in [0.2, 0.25) is 0 Å². The van der Waals surface area contributed by atoms with Crippen molar-refractivity contribution in [3.63, 3.8) is 0 Å². The van der Waals surface area contributed by atoms with E-state index in [1.807, 2.05) is 0 Å². The predicted octanol–water partition coefficient (Wildman–Crippen LogP) is -0.382. The molecule has 0 radical (unpaired) electrons. The number of anilines is 1. The van der Waals surface area contributed by atoms with E-state index in [1.165, 1.54) is 23.2 Å². The second-order valence-corrected chi connectivity index (χ2v) is 4.02. The smallest absolute Gasteiger partial charge is 0.337 e. The Hall–Kier alpha value is -2.44. The number of hydrogen-bond acceptors (Lipinski definition) is 4. The van der Waals surface area contributed by atoms with Crippen molar-refractivity contribution in [2.75, 3.05) is 11.4 Å². The number of hydrogen-bond donors (Lipinski definition) is 2. The molecule has 1 aliphatic rings. The number of carboxylic acid groups (broad SMARTS) is 1. The van der Waals surface area contributed by atoms with Crippen LogP contribution in [0, 0.1) is 5.92 Å². The van der Waals surface area contributed by atoms with Crippen molar-refractivity contribution < 1.29 is 19.5 Å². The van der Waals surface area contributed by atoms with Crippen molar-refractivity contribution in [1.82, 2.24) is 4.98 Å². The molecule has 0 bridgehead atoms. The lowest BCUT2D eigenvalue weighted by molar-refractivity contribution is -0.123. The lowest BCUT2D eigenvalue weighted by atomic mass is 10.1. The summed E-state index contributed by atoms with van der Waals surface area (Å²) in [6, 6.07) is 2.79. The van der Waals surface area contributed by atoms with Crippen LogP contribution >= 0.6 is 0 Å². The Kier molecular flexibility index (Phi) is 2.97. The van der Waals surface area contributed by atoms with Crippen LogP contribution in [-0.4, -0.2) is 34.4 Å². The van der Waals surface area contributed by atoms with Crippen molar-refractivity contribution >= 4 is 23.6 Å². The first kappa shape index (κ1) is 12.0. The van der Waals surface area contributed by atoms with Gasteiger partial charge in [-0.3, -0.25) is 14.5 Å². The quantitative estimate of drug-likeness (QED) is 0.757. The first-order valence-electron chi connectivity index (χ1n) is 5.28. The first-order valence-corrected chi connectivity index (χ1v) is 5.28. The maximum absolute atomic E-state index is 11.7. The van der Waals surface area contributed by atoms with Crippen LogP contribution in [0.1, 0.15) is 16.8 Å². The van der Waals surface area contributed by atoms with Gasteiger partial charge in [-0.15, -0.1) is 0 Å². The fourth-order valence-corrected chi connectivity index (χ4v) is 1.79. The van der Waals surface area contributed by atoms with Crippen molar-refractivity contribution in [1.29, 1.82) is 0 Å². The third-order valence-electron chi connectivity index (χ3n) is 2.80. The molecule has 2 heterocycles. The van der Waals surface area contributed by atoms with Crippen LogP contribution in [0.25, 0.3) is 0 Å². The highest BCUT2D eigenvalue weighted by atomic mass is 16.4. The number of carbonyl (C=O) groups is 3. The summed E-state index contributed by atoms with van der Waals surface area (Å²) in [5.41, 5.74) is 5.19. The zero-order valence-electron chi connectivity index (χ0n) is 9.37. The van der Waals surface area contributed by atoms with E-state index in [4.69, 9.17) is 10.8 Å². The molecule has 1 aromatic rings. The molecule has 94 valence electrons. The van der Waals surface area contributed by atoms with Gasteiger partial charge in [-0.2, -0.15) is 0 Å². The average molecular weight is 249 g/mol. The van der Waals surface area contributed by atoms with E-state index in [2.05, 4.69) is 4.98 Å². The number of primary amides is 1. The van der Waals surface area contributed by atoms with Gasteiger partial charge in [-0.25, -0.2) is 9.78 Å². The Bertz CT molecular complexity index is 512. The van der Waals surface area contributed by atoms with Gasteiger partial charge < -0.3 is 10.8 Å². The van der Waals surface area contributed by atoms with E-state index in [9.17, 15) is 14.4 Å². The van der Waals surface area contributed by atoms with E-state index >= 15 is 0 Å². The average Bonchev–Trinajstić information content (AvgIpc) is 2.71. The molecule has 1 aliphatic heterocycles. The minimum Gasteiger partial charge on any atom is -0.478 e. The lowest BCUT2D eigenvalue weighted by Gasteiger charge is -2.14. The van der Waals surface area contributed by atoms with E-state index in [0.29, 0.717) is 5.82 Å². The van der Waals surface area contributed by atoms with Crippen molar-refractivity contribution in [3.8, 4) is 0 Å². The molecule has 7 heteroatoms.